The number of aromatic nitrogens is 4. The summed E-state index contributed by atoms with van der Waals surface area (Å²) in [6.07, 6.45) is 2.62. The van der Waals surface area contributed by atoms with Gasteiger partial charge in [-0.2, -0.15) is 4.80 Å². The topological polar surface area (TPSA) is 46.8 Å². The van der Waals surface area contributed by atoms with Crippen LogP contribution in [0, 0.1) is 5.92 Å². The van der Waals surface area contributed by atoms with Crippen molar-refractivity contribution in [1.82, 2.24) is 25.1 Å². The molecule has 0 saturated carbocycles. The first-order chi connectivity index (χ1) is 6.83. The van der Waals surface area contributed by atoms with Crippen molar-refractivity contribution in [3.63, 3.8) is 0 Å². The summed E-state index contributed by atoms with van der Waals surface area (Å²) in [5.41, 5.74) is 0. The van der Waals surface area contributed by atoms with Crippen molar-refractivity contribution < 1.29 is 0 Å². The highest BCUT2D eigenvalue weighted by Gasteiger charge is 2.37. The Kier molecular flexibility index (Phi) is 1.80. The second kappa shape index (κ2) is 3.02. The summed E-state index contributed by atoms with van der Waals surface area (Å²) in [6, 6.07) is 0. The average Bonchev–Trinajstić information content (AvgIpc) is 2.66. The summed E-state index contributed by atoms with van der Waals surface area (Å²) in [6.45, 7) is 3.67. The van der Waals surface area contributed by atoms with E-state index in [1.807, 2.05) is 7.05 Å². The van der Waals surface area contributed by atoms with Gasteiger partial charge in [0, 0.05) is 12.5 Å². The number of hydrogen-bond acceptors (Lipinski definition) is 4. The molecule has 14 heavy (non-hydrogen) atoms. The van der Waals surface area contributed by atoms with Crippen LogP contribution in [-0.2, 0) is 7.05 Å². The molecule has 5 heteroatoms. The van der Waals surface area contributed by atoms with Gasteiger partial charge in [0.15, 0.2) is 5.82 Å². The highest BCUT2D eigenvalue weighted by molar-refractivity contribution is 5.02. The third kappa shape index (κ3) is 1.23. The summed E-state index contributed by atoms with van der Waals surface area (Å²) in [5, 5.41) is 12.4. The van der Waals surface area contributed by atoms with Gasteiger partial charge in [-0.05, 0) is 37.1 Å². The molecule has 0 amide bonds. The SMILES string of the molecule is Cn1nnc(C2CN3CCC2CC3)n1. The molecule has 1 aromatic heterocycles. The fourth-order valence-corrected chi connectivity index (χ4v) is 2.70. The molecule has 76 valence electrons. The van der Waals surface area contributed by atoms with Crippen LogP contribution >= 0.6 is 0 Å². The van der Waals surface area contributed by atoms with Crippen LogP contribution in [0.5, 0.6) is 0 Å². The van der Waals surface area contributed by atoms with Crippen molar-refractivity contribution in [3.8, 4) is 0 Å². The van der Waals surface area contributed by atoms with Crippen LogP contribution in [-0.4, -0.2) is 44.7 Å². The van der Waals surface area contributed by atoms with E-state index >= 15 is 0 Å². The van der Waals surface area contributed by atoms with E-state index in [0.29, 0.717) is 5.92 Å². The Morgan fingerprint density at radius 3 is 2.57 bits per heavy atom. The van der Waals surface area contributed by atoms with E-state index in [-0.39, 0.29) is 0 Å². The number of aryl methyl sites for hydroxylation is 1. The van der Waals surface area contributed by atoms with E-state index in [1.165, 1.54) is 25.9 Å². The predicted octanol–water partition coefficient (Wildman–Crippen LogP) is 0.0193. The van der Waals surface area contributed by atoms with Gasteiger partial charge in [0.25, 0.3) is 0 Å². The number of piperidine rings is 3. The minimum atomic E-state index is 0.534. The summed E-state index contributed by atoms with van der Waals surface area (Å²) in [5.74, 6) is 2.28. The fraction of sp³-hybridized carbons (Fsp3) is 0.889. The third-order valence-electron chi connectivity index (χ3n) is 3.51. The molecule has 0 aromatic carbocycles. The lowest BCUT2D eigenvalue weighted by molar-refractivity contribution is 0.0835. The molecule has 1 aromatic rings. The first-order valence-corrected chi connectivity index (χ1v) is 5.29. The van der Waals surface area contributed by atoms with Gasteiger partial charge in [0.2, 0.25) is 0 Å². The largest absolute Gasteiger partial charge is 0.303 e. The zero-order chi connectivity index (χ0) is 9.54. The summed E-state index contributed by atoms with van der Waals surface area (Å²) < 4.78 is 0. The van der Waals surface area contributed by atoms with Crippen LogP contribution in [0.2, 0.25) is 0 Å². The van der Waals surface area contributed by atoms with Crippen LogP contribution in [0.3, 0.4) is 0 Å². The number of fused-ring (bicyclic) bond motifs is 3. The van der Waals surface area contributed by atoms with E-state index in [9.17, 15) is 0 Å². The van der Waals surface area contributed by atoms with Crippen LogP contribution in [0.15, 0.2) is 0 Å². The first kappa shape index (κ1) is 8.35. The van der Waals surface area contributed by atoms with Gasteiger partial charge in [-0.15, -0.1) is 10.2 Å². The molecule has 5 nitrogen and oxygen atoms in total. The quantitative estimate of drug-likeness (QED) is 0.631. The minimum Gasteiger partial charge on any atom is -0.303 e. The Bertz CT molecular complexity index is 326. The Morgan fingerprint density at radius 1 is 1.29 bits per heavy atom. The van der Waals surface area contributed by atoms with E-state index in [4.69, 9.17) is 0 Å². The van der Waals surface area contributed by atoms with Gasteiger partial charge in [-0.3, -0.25) is 0 Å². The van der Waals surface area contributed by atoms with Crippen LogP contribution in [0.25, 0.3) is 0 Å². The molecule has 1 atom stereocenters. The molecule has 4 rings (SSSR count). The van der Waals surface area contributed by atoms with Gasteiger partial charge in [-0.25, -0.2) is 0 Å². The van der Waals surface area contributed by atoms with Gasteiger partial charge in [0.05, 0.1) is 7.05 Å². The lowest BCUT2D eigenvalue weighted by atomic mass is 9.79. The lowest BCUT2D eigenvalue weighted by Gasteiger charge is -2.43. The number of tetrazole rings is 1. The maximum Gasteiger partial charge on any atom is 0.179 e. The Labute approximate surface area is 83.1 Å². The monoisotopic (exact) mass is 193 g/mol. The lowest BCUT2D eigenvalue weighted by Crippen LogP contribution is -2.46. The number of nitrogens with zero attached hydrogens (tertiary/aromatic N) is 5. The van der Waals surface area contributed by atoms with Gasteiger partial charge in [0.1, 0.15) is 0 Å². The van der Waals surface area contributed by atoms with E-state index in [1.54, 1.807) is 4.80 Å². The van der Waals surface area contributed by atoms with Crippen LogP contribution < -0.4 is 0 Å². The molecule has 0 N–H and O–H groups in total. The molecule has 3 fully saturated rings. The molecule has 3 aliphatic rings. The molecule has 0 spiro atoms. The second-order valence-electron chi connectivity index (χ2n) is 4.38. The Hall–Kier alpha value is -0.970. The molecule has 2 bridgehead atoms. The normalized spacial score (nSPS) is 36.2. The molecule has 0 aliphatic carbocycles. The van der Waals surface area contributed by atoms with Crippen molar-refractivity contribution in [2.45, 2.75) is 18.8 Å². The third-order valence-corrected chi connectivity index (χ3v) is 3.51. The summed E-state index contributed by atoms with van der Waals surface area (Å²) in [4.78, 5) is 4.08. The summed E-state index contributed by atoms with van der Waals surface area (Å²) >= 11 is 0. The smallest absolute Gasteiger partial charge is 0.179 e. The van der Waals surface area contributed by atoms with E-state index < -0.39 is 0 Å². The molecule has 3 saturated heterocycles. The van der Waals surface area contributed by atoms with E-state index in [0.717, 1.165) is 18.3 Å². The second-order valence-corrected chi connectivity index (χ2v) is 4.38. The van der Waals surface area contributed by atoms with Gasteiger partial charge < -0.3 is 4.90 Å². The molecule has 1 unspecified atom stereocenters. The van der Waals surface area contributed by atoms with Crippen molar-refractivity contribution in [3.05, 3.63) is 5.82 Å². The Morgan fingerprint density at radius 2 is 2.07 bits per heavy atom. The maximum atomic E-state index is 4.32. The number of rotatable bonds is 1. The molecule has 4 heterocycles. The fourth-order valence-electron chi connectivity index (χ4n) is 2.70. The highest BCUT2D eigenvalue weighted by atomic mass is 15.6. The maximum absolute atomic E-state index is 4.32. The zero-order valence-corrected chi connectivity index (χ0v) is 8.43. The average molecular weight is 193 g/mol. The minimum absolute atomic E-state index is 0.534. The Balaban J connectivity index is 1.85. The van der Waals surface area contributed by atoms with Crippen LogP contribution in [0.1, 0.15) is 24.6 Å². The molecular formula is C9H15N5. The van der Waals surface area contributed by atoms with Crippen molar-refractivity contribution in [2.24, 2.45) is 13.0 Å². The van der Waals surface area contributed by atoms with Crippen LogP contribution in [0.4, 0.5) is 0 Å². The summed E-state index contributed by atoms with van der Waals surface area (Å²) in [7, 11) is 1.83. The van der Waals surface area contributed by atoms with Gasteiger partial charge in [-0.1, -0.05) is 0 Å². The van der Waals surface area contributed by atoms with E-state index in [2.05, 4.69) is 20.3 Å². The van der Waals surface area contributed by atoms with Crippen molar-refractivity contribution in [2.75, 3.05) is 19.6 Å². The predicted molar refractivity (Wildman–Crippen MR) is 50.7 cm³/mol. The molecule has 0 radical (unpaired) electrons. The highest BCUT2D eigenvalue weighted by Crippen LogP contribution is 2.37. The van der Waals surface area contributed by atoms with Crippen molar-refractivity contribution >= 4 is 0 Å². The standard InChI is InChI=1S/C9H15N5/c1-13-11-9(10-12-13)8-6-14-4-2-7(8)3-5-14/h7-8H,2-6H2,1H3. The van der Waals surface area contributed by atoms with Crippen molar-refractivity contribution in [1.29, 1.82) is 0 Å². The van der Waals surface area contributed by atoms with Gasteiger partial charge >= 0.3 is 0 Å². The zero-order valence-electron chi connectivity index (χ0n) is 8.43. The molecule has 3 aliphatic heterocycles. The molecular weight excluding hydrogens is 178 g/mol. The number of hydrogen-bond donors (Lipinski definition) is 0. The first-order valence-electron chi connectivity index (χ1n) is 5.29.